The summed E-state index contributed by atoms with van der Waals surface area (Å²) in [6.45, 7) is 4.49. The zero-order valence-electron chi connectivity index (χ0n) is 16.4. The van der Waals surface area contributed by atoms with E-state index in [0.29, 0.717) is 30.5 Å². The maximum atomic E-state index is 12.4. The van der Waals surface area contributed by atoms with Crippen molar-refractivity contribution in [1.29, 1.82) is 0 Å². The van der Waals surface area contributed by atoms with E-state index in [1.807, 2.05) is 19.1 Å². The van der Waals surface area contributed by atoms with E-state index in [1.54, 1.807) is 18.5 Å². The molecule has 3 aromatic heterocycles. The number of nitrogens with one attached hydrogen (secondary N) is 1. The predicted molar refractivity (Wildman–Crippen MR) is 104 cm³/mol. The third-order valence-electron chi connectivity index (χ3n) is 4.96. The van der Waals surface area contributed by atoms with Crippen molar-refractivity contribution < 1.29 is 13.7 Å². The van der Waals surface area contributed by atoms with Gasteiger partial charge in [-0.15, -0.1) is 0 Å². The number of rotatable bonds is 8. The van der Waals surface area contributed by atoms with Gasteiger partial charge >= 0.3 is 0 Å². The van der Waals surface area contributed by atoms with Gasteiger partial charge in [-0.25, -0.2) is 9.97 Å². The molecule has 9 heteroatoms. The van der Waals surface area contributed by atoms with Crippen LogP contribution in [-0.2, 0) is 11.2 Å². The SMILES string of the molecule is Cc1ccc(C(CNC(=O)CCc2nc(-c3ncccn3)no2)N2CCCC2)o1. The molecule has 4 heterocycles. The third-order valence-corrected chi connectivity index (χ3v) is 4.96. The largest absolute Gasteiger partial charge is 0.465 e. The van der Waals surface area contributed by atoms with Gasteiger partial charge in [0.1, 0.15) is 11.5 Å². The number of carbonyl (C=O) groups is 1. The molecule has 29 heavy (non-hydrogen) atoms. The molecule has 1 amide bonds. The number of nitrogens with zero attached hydrogens (tertiary/aromatic N) is 5. The Hall–Kier alpha value is -3.07. The summed E-state index contributed by atoms with van der Waals surface area (Å²) in [5.74, 6) is 2.82. The molecule has 9 nitrogen and oxygen atoms in total. The minimum absolute atomic E-state index is 0.0559. The number of amides is 1. The maximum absolute atomic E-state index is 12.4. The van der Waals surface area contributed by atoms with E-state index < -0.39 is 0 Å². The van der Waals surface area contributed by atoms with Crippen molar-refractivity contribution in [3.8, 4) is 11.6 Å². The first kappa shape index (κ1) is 19.3. The van der Waals surface area contributed by atoms with Crippen LogP contribution in [0.3, 0.4) is 0 Å². The molecule has 1 saturated heterocycles. The summed E-state index contributed by atoms with van der Waals surface area (Å²) in [5, 5.41) is 6.89. The molecule has 0 aliphatic carbocycles. The van der Waals surface area contributed by atoms with E-state index in [4.69, 9.17) is 8.94 Å². The van der Waals surface area contributed by atoms with Crippen molar-refractivity contribution in [2.45, 2.75) is 38.6 Å². The number of carbonyl (C=O) groups excluding carboxylic acids is 1. The van der Waals surface area contributed by atoms with E-state index in [0.717, 1.165) is 24.6 Å². The summed E-state index contributed by atoms with van der Waals surface area (Å²) in [4.78, 5) is 27.2. The fourth-order valence-corrected chi connectivity index (χ4v) is 3.48. The summed E-state index contributed by atoms with van der Waals surface area (Å²) in [6, 6.07) is 5.73. The van der Waals surface area contributed by atoms with Crippen molar-refractivity contribution in [3.63, 3.8) is 0 Å². The van der Waals surface area contributed by atoms with Crippen molar-refractivity contribution in [2.24, 2.45) is 0 Å². The summed E-state index contributed by atoms with van der Waals surface area (Å²) in [6.07, 6.45) is 6.21. The maximum Gasteiger partial charge on any atom is 0.240 e. The normalized spacial score (nSPS) is 15.5. The van der Waals surface area contributed by atoms with Crippen LogP contribution < -0.4 is 5.32 Å². The first-order chi connectivity index (χ1) is 14.2. The molecule has 0 aromatic carbocycles. The molecule has 0 bridgehead atoms. The topological polar surface area (TPSA) is 110 Å². The number of hydrogen-bond acceptors (Lipinski definition) is 8. The van der Waals surface area contributed by atoms with Gasteiger partial charge in [0.25, 0.3) is 0 Å². The molecule has 3 aromatic rings. The lowest BCUT2D eigenvalue weighted by molar-refractivity contribution is -0.121. The molecular weight excluding hydrogens is 372 g/mol. The Labute approximate surface area is 168 Å². The lowest BCUT2D eigenvalue weighted by atomic mass is 10.2. The van der Waals surface area contributed by atoms with Gasteiger partial charge in [-0.2, -0.15) is 4.98 Å². The lowest BCUT2D eigenvalue weighted by Gasteiger charge is -2.26. The first-order valence-electron chi connectivity index (χ1n) is 9.86. The van der Waals surface area contributed by atoms with Crippen molar-refractivity contribution in [1.82, 2.24) is 30.3 Å². The summed E-state index contributed by atoms with van der Waals surface area (Å²) in [5.41, 5.74) is 0. The second kappa shape index (κ2) is 8.95. The van der Waals surface area contributed by atoms with Gasteiger partial charge in [0.05, 0.1) is 6.04 Å². The second-order valence-corrected chi connectivity index (χ2v) is 7.10. The summed E-state index contributed by atoms with van der Waals surface area (Å²) >= 11 is 0. The molecule has 1 aliphatic heterocycles. The van der Waals surface area contributed by atoms with Crippen LogP contribution in [-0.4, -0.2) is 50.5 Å². The Balaban J connectivity index is 1.30. The molecule has 0 spiro atoms. The Kier molecular flexibility index (Phi) is 5.95. The minimum Gasteiger partial charge on any atom is -0.465 e. The monoisotopic (exact) mass is 396 g/mol. The smallest absolute Gasteiger partial charge is 0.240 e. The highest BCUT2D eigenvalue weighted by atomic mass is 16.5. The van der Waals surface area contributed by atoms with Crippen LogP contribution in [0.15, 0.2) is 39.5 Å². The number of furan rings is 1. The molecule has 152 valence electrons. The third kappa shape index (κ3) is 4.86. The Morgan fingerprint density at radius 1 is 1.21 bits per heavy atom. The van der Waals surface area contributed by atoms with E-state index >= 15 is 0 Å². The number of aryl methyl sites for hydroxylation is 2. The quantitative estimate of drug-likeness (QED) is 0.618. The molecule has 1 atom stereocenters. The molecular formula is C20H24N6O3. The van der Waals surface area contributed by atoms with Gasteiger partial charge in [0, 0.05) is 31.8 Å². The van der Waals surface area contributed by atoms with Crippen LogP contribution in [0.4, 0.5) is 0 Å². The summed E-state index contributed by atoms with van der Waals surface area (Å²) < 4.78 is 11.0. The fraction of sp³-hybridized carbons (Fsp3) is 0.450. The Bertz CT molecular complexity index is 933. The average molecular weight is 396 g/mol. The number of aromatic nitrogens is 4. The highest BCUT2D eigenvalue weighted by Gasteiger charge is 2.26. The van der Waals surface area contributed by atoms with Gasteiger partial charge < -0.3 is 14.3 Å². The van der Waals surface area contributed by atoms with Crippen LogP contribution in [0, 0.1) is 6.92 Å². The predicted octanol–water partition coefficient (Wildman–Crippen LogP) is 2.31. The number of likely N-dealkylation sites (tertiary alicyclic amines) is 1. The Morgan fingerprint density at radius 3 is 2.72 bits per heavy atom. The van der Waals surface area contributed by atoms with E-state index in [-0.39, 0.29) is 18.4 Å². The van der Waals surface area contributed by atoms with E-state index in [2.05, 4.69) is 30.3 Å². The van der Waals surface area contributed by atoms with E-state index in [9.17, 15) is 4.79 Å². The zero-order valence-corrected chi connectivity index (χ0v) is 16.4. The Morgan fingerprint density at radius 2 is 2.00 bits per heavy atom. The van der Waals surface area contributed by atoms with Gasteiger partial charge in [-0.3, -0.25) is 9.69 Å². The first-order valence-corrected chi connectivity index (χ1v) is 9.86. The molecule has 1 N–H and O–H groups in total. The van der Waals surface area contributed by atoms with Gasteiger partial charge in [-0.05, 0) is 51.1 Å². The average Bonchev–Trinajstić information content (AvgIpc) is 3.50. The van der Waals surface area contributed by atoms with Gasteiger partial charge in [0.2, 0.25) is 23.4 Å². The molecule has 4 rings (SSSR count). The molecule has 1 aliphatic rings. The van der Waals surface area contributed by atoms with Crippen LogP contribution in [0.1, 0.15) is 42.7 Å². The second-order valence-electron chi connectivity index (χ2n) is 7.10. The van der Waals surface area contributed by atoms with Crippen LogP contribution in [0.25, 0.3) is 11.6 Å². The minimum atomic E-state index is -0.0619. The highest BCUT2D eigenvalue weighted by Crippen LogP contribution is 2.26. The molecule has 1 fully saturated rings. The van der Waals surface area contributed by atoms with Gasteiger partial charge in [-0.1, -0.05) is 5.16 Å². The molecule has 1 unspecified atom stereocenters. The van der Waals surface area contributed by atoms with Crippen LogP contribution >= 0.6 is 0 Å². The van der Waals surface area contributed by atoms with Crippen molar-refractivity contribution in [2.75, 3.05) is 19.6 Å². The zero-order chi connectivity index (χ0) is 20.1. The van der Waals surface area contributed by atoms with Gasteiger partial charge in [0.15, 0.2) is 0 Å². The fourth-order valence-electron chi connectivity index (χ4n) is 3.48. The lowest BCUT2D eigenvalue weighted by Crippen LogP contribution is -2.36. The number of hydrogen-bond donors (Lipinski definition) is 1. The van der Waals surface area contributed by atoms with E-state index in [1.165, 1.54) is 12.8 Å². The van der Waals surface area contributed by atoms with Crippen LogP contribution in [0.5, 0.6) is 0 Å². The van der Waals surface area contributed by atoms with Crippen molar-refractivity contribution >= 4 is 5.91 Å². The molecule has 0 radical (unpaired) electrons. The molecule has 0 saturated carbocycles. The summed E-state index contributed by atoms with van der Waals surface area (Å²) in [7, 11) is 0. The highest BCUT2D eigenvalue weighted by molar-refractivity contribution is 5.76. The standard InChI is InChI=1S/C20H24N6O3/c1-14-5-6-16(28-14)15(26-11-2-3-12-26)13-23-17(27)7-8-18-24-20(25-29-18)19-21-9-4-10-22-19/h4-6,9-10,15H,2-3,7-8,11-13H2,1H3,(H,23,27). The van der Waals surface area contributed by atoms with Crippen LogP contribution in [0.2, 0.25) is 0 Å². The van der Waals surface area contributed by atoms with Crippen molar-refractivity contribution in [3.05, 3.63) is 48.0 Å².